The highest BCUT2D eigenvalue weighted by molar-refractivity contribution is 5.97. The Morgan fingerprint density at radius 2 is 1.77 bits per heavy atom. The Kier molecular flexibility index (Phi) is 4.99. The molecule has 0 saturated heterocycles. The summed E-state index contributed by atoms with van der Waals surface area (Å²) < 4.78 is 3.68. The first kappa shape index (κ1) is 19.6. The van der Waals surface area contributed by atoms with Crippen molar-refractivity contribution in [2.45, 2.75) is 26.8 Å². The normalized spacial score (nSPS) is 12.1. The van der Waals surface area contributed by atoms with E-state index in [1.807, 2.05) is 68.9 Å². The highest BCUT2D eigenvalue weighted by Gasteiger charge is 2.20. The first-order valence-corrected chi connectivity index (χ1v) is 9.88. The van der Waals surface area contributed by atoms with Gasteiger partial charge in [-0.2, -0.15) is 5.10 Å². The smallest absolute Gasteiger partial charge is 0.257 e. The zero-order valence-electron chi connectivity index (χ0n) is 17.5. The van der Waals surface area contributed by atoms with E-state index in [1.165, 1.54) is 0 Å². The molecule has 6 nitrogen and oxygen atoms in total. The minimum Gasteiger partial charge on any atom is -0.350 e. The molecule has 0 aliphatic heterocycles. The molecule has 1 amide bonds. The molecule has 4 aromatic rings. The van der Waals surface area contributed by atoms with E-state index in [4.69, 9.17) is 0 Å². The summed E-state index contributed by atoms with van der Waals surface area (Å²) >= 11 is 0. The van der Waals surface area contributed by atoms with Gasteiger partial charge in [0.1, 0.15) is 5.56 Å². The average molecular weight is 400 g/mol. The van der Waals surface area contributed by atoms with Gasteiger partial charge in [-0.05, 0) is 44.5 Å². The summed E-state index contributed by atoms with van der Waals surface area (Å²) in [5.41, 5.74) is 4.64. The van der Waals surface area contributed by atoms with Crippen LogP contribution < -0.4 is 10.7 Å². The first-order chi connectivity index (χ1) is 14.4. The van der Waals surface area contributed by atoms with Crippen molar-refractivity contribution in [3.05, 3.63) is 93.5 Å². The van der Waals surface area contributed by atoms with Crippen LogP contribution in [0.15, 0.2) is 65.7 Å². The molecule has 2 aromatic heterocycles. The van der Waals surface area contributed by atoms with Crippen LogP contribution in [0.3, 0.4) is 0 Å². The van der Waals surface area contributed by atoms with Crippen LogP contribution in [0.2, 0.25) is 0 Å². The molecular formula is C24H24N4O2. The van der Waals surface area contributed by atoms with Gasteiger partial charge in [-0.1, -0.05) is 30.3 Å². The summed E-state index contributed by atoms with van der Waals surface area (Å²) in [7, 11) is 1.83. The van der Waals surface area contributed by atoms with Crippen molar-refractivity contribution >= 4 is 16.8 Å². The Morgan fingerprint density at radius 3 is 2.53 bits per heavy atom. The zero-order chi connectivity index (χ0) is 21.4. The molecule has 0 saturated carbocycles. The Bertz CT molecular complexity index is 1320. The Balaban J connectivity index is 1.64. The van der Waals surface area contributed by atoms with Crippen molar-refractivity contribution in [1.82, 2.24) is 19.7 Å². The van der Waals surface area contributed by atoms with Crippen molar-refractivity contribution in [2.75, 3.05) is 0 Å². The van der Waals surface area contributed by atoms with E-state index >= 15 is 0 Å². The number of aromatic nitrogens is 3. The highest BCUT2D eigenvalue weighted by Crippen LogP contribution is 2.22. The van der Waals surface area contributed by atoms with E-state index < -0.39 is 5.91 Å². The van der Waals surface area contributed by atoms with Crippen molar-refractivity contribution in [1.29, 1.82) is 0 Å². The van der Waals surface area contributed by atoms with Crippen LogP contribution in [-0.2, 0) is 7.05 Å². The lowest BCUT2D eigenvalue weighted by molar-refractivity contribution is 0.0938. The van der Waals surface area contributed by atoms with Gasteiger partial charge in [0, 0.05) is 29.9 Å². The summed E-state index contributed by atoms with van der Waals surface area (Å²) in [6, 6.07) is 15.0. The number of pyridine rings is 1. The predicted octanol–water partition coefficient (Wildman–Crippen LogP) is 3.83. The molecule has 0 bridgehead atoms. The SMILES string of the molecule is Cc1ccccc1-n1ncc(C(C)NC(=O)c2cn(C)c3ccccc3c2=O)c1C. The van der Waals surface area contributed by atoms with E-state index in [1.54, 1.807) is 29.1 Å². The molecule has 4 rings (SSSR count). The van der Waals surface area contributed by atoms with Gasteiger partial charge in [0.2, 0.25) is 5.43 Å². The molecule has 2 aromatic carbocycles. The maximum Gasteiger partial charge on any atom is 0.257 e. The van der Waals surface area contributed by atoms with Gasteiger partial charge in [-0.15, -0.1) is 0 Å². The number of nitrogens with zero attached hydrogens (tertiary/aromatic N) is 3. The van der Waals surface area contributed by atoms with Gasteiger partial charge in [0.05, 0.1) is 23.4 Å². The molecule has 0 fully saturated rings. The third kappa shape index (κ3) is 3.30. The maximum atomic E-state index is 12.9. The molecule has 1 unspecified atom stereocenters. The highest BCUT2D eigenvalue weighted by atomic mass is 16.2. The lowest BCUT2D eigenvalue weighted by atomic mass is 10.1. The number of amides is 1. The number of carbonyl (C=O) groups is 1. The fourth-order valence-electron chi connectivity index (χ4n) is 3.85. The number of fused-ring (bicyclic) bond motifs is 1. The van der Waals surface area contributed by atoms with Gasteiger partial charge < -0.3 is 9.88 Å². The van der Waals surface area contributed by atoms with E-state index in [-0.39, 0.29) is 17.0 Å². The topological polar surface area (TPSA) is 68.9 Å². The molecule has 1 N–H and O–H groups in total. The largest absolute Gasteiger partial charge is 0.350 e. The maximum absolute atomic E-state index is 12.9. The van der Waals surface area contributed by atoms with Gasteiger partial charge in [-0.25, -0.2) is 4.68 Å². The minimum atomic E-state index is -0.392. The molecule has 152 valence electrons. The number of hydrogen-bond acceptors (Lipinski definition) is 3. The molecule has 0 aliphatic carbocycles. The molecule has 30 heavy (non-hydrogen) atoms. The molecule has 1 atom stereocenters. The molecule has 6 heteroatoms. The zero-order valence-corrected chi connectivity index (χ0v) is 17.5. The Morgan fingerprint density at radius 1 is 1.07 bits per heavy atom. The number of benzene rings is 2. The molecule has 2 heterocycles. The van der Waals surface area contributed by atoms with Crippen LogP contribution in [-0.4, -0.2) is 20.3 Å². The average Bonchev–Trinajstić information content (AvgIpc) is 3.12. The number of carbonyl (C=O) groups excluding carboxylic acids is 1. The van der Waals surface area contributed by atoms with Crippen molar-refractivity contribution in [3.63, 3.8) is 0 Å². The second-order valence-electron chi connectivity index (χ2n) is 7.58. The third-order valence-corrected chi connectivity index (χ3v) is 5.55. The number of aryl methyl sites for hydroxylation is 2. The summed E-state index contributed by atoms with van der Waals surface area (Å²) in [4.78, 5) is 25.8. The third-order valence-electron chi connectivity index (χ3n) is 5.55. The number of rotatable bonds is 4. The summed E-state index contributed by atoms with van der Waals surface area (Å²) in [6.07, 6.45) is 3.36. The van der Waals surface area contributed by atoms with Crippen LogP contribution >= 0.6 is 0 Å². The fraction of sp³-hybridized carbons (Fsp3) is 0.208. The monoisotopic (exact) mass is 400 g/mol. The number of hydrogen-bond donors (Lipinski definition) is 1. The van der Waals surface area contributed by atoms with E-state index in [2.05, 4.69) is 10.4 Å². The van der Waals surface area contributed by atoms with Gasteiger partial charge >= 0.3 is 0 Å². The predicted molar refractivity (Wildman–Crippen MR) is 118 cm³/mol. The summed E-state index contributed by atoms with van der Waals surface area (Å²) in [5, 5.41) is 8.01. The van der Waals surface area contributed by atoms with Crippen LogP contribution in [0.25, 0.3) is 16.6 Å². The molecule has 0 radical (unpaired) electrons. The molecule has 0 spiro atoms. The van der Waals surface area contributed by atoms with E-state index in [0.717, 1.165) is 28.0 Å². The number of para-hydroxylation sites is 2. The Labute approximate surface area is 174 Å². The summed E-state index contributed by atoms with van der Waals surface area (Å²) in [5.74, 6) is -0.392. The second kappa shape index (κ2) is 7.63. The lowest BCUT2D eigenvalue weighted by Crippen LogP contribution is -2.31. The van der Waals surface area contributed by atoms with Crippen LogP contribution in [0, 0.1) is 13.8 Å². The van der Waals surface area contributed by atoms with Crippen LogP contribution in [0.4, 0.5) is 0 Å². The van der Waals surface area contributed by atoms with E-state index in [0.29, 0.717) is 5.39 Å². The van der Waals surface area contributed by atoms with Crippen molar-refractivity contribution < 1.29 is 4.79 Å². The quantitative estimate of drug-likeness (QED) is 0.566. The van der Waals surface area contributed by atoms with Crippen molar-refractivity contribution in [2.24, 2.45) is 7.05 Å². The number of nitrogens with one attached hydrogen (secondary N) is 1. The van der Waals surface area contributed by atoms with Crippen LogP contribution in [0.1, 0.15) is 40.1 Å². The van der Waals surface area contributed by atoms with Crippen molar-refractivity contribution in [3.8, 4) is 5.69 Å². The minimum absolute atomic E-state index is 0.131. The van der Waals surface area contributed by atoms with Gasteiger partial charge in [0.15, 0.2) is 0 Å². The molecular weight excluding hydrogens is 376 g/mol. The lowest BCUT2D eigenvalue weighted by Gasteiger charge is -2.15. The Hall–Kier alpha value is -3.67. The van der Waals surface area contributed by atoms with Gasteiger partial charge in [0.25, 0.3) is 5.91 Å². The molecule has 0 aliphatic rings. The standard InChI is InChI=1S/C24H24N4O2/c1-15-9-5-7-11-21(15)28-17(3)19(13-25-28)16(2)26-24(30)20-14-27(4)22-12-8-6-10-18(22)23(20)29/h5-14,16H,1-4H3,(H,26,30). The first-order valence-electron chi connectivity index (χ1n) is 9.88. The van der Waals surface area contributed by atoms with E-state index in [9.17, 15) is 9.59 Å². The van der Waals surface area contributed by atoms with Crippen LogP contribution in [0.5, 0.6) is 0 Å². The second-order valence-corrected chi connectivity index (χ2v) is 7.58. The van der Waals surface area contributed by atoms with Gasteiger partial charge in [-0.3, -0.25) is 9.59 Å². The summed E-state index contributed by atoms with van der Waals surface area (Å²) in [6.45, 7) is 5.92. The fourth-order valence-corrected chi connectivity index (χ4v) is 3.85.